The minimum Gasteiger partial charge on any atom is -0.453 e. The molecule has 0 saturated carbocycles. The summed E-state index contributed by atoms with van der Waals surface area (Å²) in [7, 11) is 0. The molecule has 0 bridgehead atoms. The number of fused-ring (bicyclic) bond motifs is 10. The lowest BCUT2D eigenvalue weighted by Gasteiger charge is -2.38. The van der Waals surface area contributed by atoms with E-state index in [9.17, 15) is 0 Å². The van der Waals surface area contributed by atoms with Crippen LogP contribution in [-0.2, 0) is 0 Å². The topological polar surface area (TPSA) is 21.7 Å². The smallest absolute Gasteiger partial charge is 0.155 e. The normalized spacial score (nSPS) is 13.0. The number of nitrogens with zero attached hydrogens (tertiary/aromatic N) is 1. The molecule has 0 fully saturated rings. The monoisotopic (exact) mass is 637 g/mol. The van der Waals surface area contributed by atoms with Crippen LogP contribution in [0.5, 0.6) is 23.0 Å². The van der Waals surface area contributed by atoms with E-state index in [0.717, 1.165) is 51.2 Å². The van der Waals surface area contributed by atoms with Gasteiger partial charge in [0.2, 0.25) is 0 Å². The van der Waals surface area contributed by atoms with Gasteiger partial charge in [-0.1, -0.05) is 78.9 Å². The maximum Gasteiger partial charge on any atom is 0.155 e. The summed E-state index contributed by atoms with van der Waals surface area (Å²) < 4.78 is 18.5. The van der Waals surface area contributed by atoms with Crippen molar-refractivity contribution < 1.29 is 9.47 Å². The number of thiophene rings is 2. The van der Waals surface area contributed by atoms with Crippen LogP contribution >= 0.6 is 22.7 Å². The van der Waals surface area contributed by atoms with Crippen molar-refractivity contribution in [2.75, 3.05) is 4.90 Å². The SMILES string of the molecule is c1cc2c3c(c1)Oc1cc(-c4cccc5sc6ccccc6c45)ccc1N3c1ccc(-c3cccc4sc5ccccc5c34)cc1O2. The Hall–Kier alpha value is -5.62. The molecule has 9 aromatic rings. The van der Waals surface area contributed by atoms with E-state index < -0.39 is 0 Å². The molecule has 0 saturated heterocycles. The number of benzene rings is 7. The average molecular weight is 638 g/mol. The lowest BCUT2D eigenvalue weighted by atomic mass is 9.97. The van der Waals surface area contributed by atoms with Crippen LogP contribution in [0.1, 0.15) is 0 Å². The van der Waals surface area contributed by atoms with Crippen LogP contribution in [0.2, 0.25) is 0 Å². The average Bonchev–Trinajstić information content (AvgIpc) is 3.70. The summed E-state index contributed by atoms with van der Waals surface area (Å²) in [5.74, 6) is 3.23. The molecule has 47 heavy (non-hydrogen) atoms. The van der Waals surface area contributed by atoms with E-state index in [1.807, 2.05) is 40.9 Å². The van der Waals surface area contributed by atoms with Crippen molar-refractivity contribution >= 4 is 80.1 Å². The van der Waals surface area contributed by atoms with Crippen LogP contribution in [0.15, 0.2) is 140 Å². The van der Waals surface area contributed by atoms with Crippen molar-refractivity contribution in [3.63, 3.8) is 0 Å². The van der Waals surface area contributed by atoms with Gasteiger partial charge in [0.1, 0.15) is 5.69 Å². The molecule has 0 amide bonds. The zero-order chi connectivity index (χ0) is 30.6. The fraction of sp³-hybridized carbons (Fsp3) is 0. The molecule has 0 atom stereocenters. The van der Waals surface area contributed by atoms with Gasteiger partial charge in [-0.25, -0.2) is 0 Å². The Kier molecular flexibility index (Phi) is 5.14. The quantitative estimate of drug-likeness (QED) is 0.188. The van der Waals surface area contributed by atoms with Crippen molar-refractivity contribution in [3.05, 3.63) is 140 Å². The molecule has 220 valence electrons. The first-order valence-corrected chi connectivity index (χ1v) is 17.3. The molecule has 2 aliphatic rings. The predicted molar refractivity (Wildman–Crippen MR) is 198 cm³/mol. The van der Waals surface area contributed by atoms with E-state index in [4.69, 9.17) is 9.47 Å². The van der Waals surface area contributed by atoms with Gasteiger partial charge in [0.25, 0.3) is 0 Å². The summed E-state index contributed by atoms with van der Waals surface area (Å²) in [6.07, 6.45) is 0. The molecule has 0 aliphatic carbocycles. The van der Waals surface area contributed by atoms with E-state index in [2.05, 4.69) is 126 Å². The molecule has 5 heteroatoms. The van der Waals surface area contributed by atoms with Crippen LogP contribution in [0.4, 0.5) is 17.1 Å². The maximum atomic E-state index is 6.64. The largest absolute Gasteiger partial charge is 0.453 e. The molecule has 4 heterocycles. The highest BCUT2D eigenvalue weighted by atomic mass is 32.1. The summed E-state index contributed by atoms with van der Waals surface area (Å²) in [6.45, 7) is 0. The highest BCUT2D eigenvalue weighted by molar-refractivity contribution is 7.26. The standard InChI is InChI=1S/C42H23NO2S2/c1-3-14-36-28(8-1)40-26(10-5-16-38(40)46-36)24-18-20-30-34(22-24)44-32-12-7-13-33-42(32)43(30)31-21-19-25(23-35(31)45-33)27-11-6-17-39-41(27)29-9-2-4-15-37(29)47-39/h1-23H. The third-order valence-electron chi connectivity index (χ3n) is 9.45. The fourth-order valence-corrected chi connectivity index (χ4v) is 9.69. The van der Waals surface area contributed by atoms with Gasteiger partial charge in [-0.15, -0.1) is 22.7 Å². The number of para-hydroxylation sites is 1. The molecule has 3 nitrogen and oxygen atoms in total. The van der Waals surface area contributed by atoms with Crippen LogP contribution in [0, 0.1) is 0 Å². The number of rotatable bonds is 2. The van der Waals surface area contributed by atoms with E-state index in [1.54, 1.807) is 0 Å². The molecular weight excluding hydrogens is 615 g/mol. The zero-order valence-electron chi connectivity index (χ0n) is 24.9. The molecule has 2 aliphatic heterocycles. The van der Waals surface area contributed by atoms with Gasteiger partial charge in [0.15, 0.2) is 23.0 Å². The second-order valence-corrected chi connectivity index (χ2v) is 14.2. The first-order valence-electron chi connectivity index (χ1n) is 15.7. The van der Waals surface area contributed by atoms with E-state index in [1.165, 1.54) is 51.5 Å². The van der Waals surface area contributed by atoms with E-state index >= 15 is 0 Å². The highest BCUT2D eigenvalue weighted by Gasteiger charge is 2.35. The Morgan fingerprint density at radius 1 is 0.404 bits per heavy atom. The van der Waals surface area contributed by atoms with E-state index in [0.29, 0.717) is 0 Å². The van der Waals surface area contributed by atoms with Crippen molar-refractivity contribution in [1.82, 2.24) is 0 Å². The van der Waals surface area contributed by atoms with Gasteiger partial charge in [-0.3, -0.25) is 4.90 Å². The van der Waals surface area contributed by atoms with E-state index in [-0.39, 0.29) is 0 Å². The van der Waals surface area contributed by atoms with Gasteiger partial charge < -0.3 is 9.47 Å². The Bertz CT molecular complexity index is 2590. The van der Waals surface area contributed by atoms with Gasteiger partial charge >= 0.3 is 0 Å². The van der Waals surface area contributed by atoms with Gasteiger partial charge in [-0.2, -0.15) is 0 Å². The second-order valence-electron chi connectivity index (χ2n) is 12.1. The molecule has 0 unspecified atom stereocenters. The maximum absolute atomic E-state index is 6.64. The summed E-state index contributed by atoms with van der Waals surface area (Å²) in [5, 5.41) is 5.18. The van der Waals surface area contributed by atoms with Gasteiger partial charge in [0, 0.05) is 40.3 Å². The Morgan fingerprint density at radius 2 is 0.872 bits per heavy atom. The zero-order valence-corrected chi connectivity index (χ0v) is 26.5. The van der Waals surface area contributed by atoms with Crippen molar-refractivity contribution in [2.45, 2.75) is 0 Å². The summed E-state index contributed by atoms with van der Waals surface area (Å²) in [5.41, 5.74) is 7.64. The number of hydrogen-bond acceptors (Lipinski definition) is 5. The first kappa shape index (κ1) is 25.6. The number of anilines is 3. The number of hydrogen-bond donors (Lipinski definition) is 0. The molecule has 2 aromatic heterocycles. The third-order valence-corrected chi connectivity index (χ3v) is 11.7. The second kappa shape index (κ2) is 9.46. The first-order chi connectivity index (χ1) is 23.3. The molecule has 7 aromatic carbocycles. The third kappa shape index (κ3) is 3.61. The Labute approximate surface area is 278 Å². The molecular formula is C42H23NO2S2. The molecule has 0 radical (unpaired) electrons. The minimum atomic E-state index is 0.788. The molecule has 11 rings (SSSR count). The Morgan fingerprint density at radius 3 is 1.40 bits per heavy atom. The van der Waals surface area contributed by atoms with Crippen LogP contribution < -0.4 is 14.4 Å². The van der Waals surface area contributed by atoms with Crippen molar-refractivity contribution in [2.24, 2.45) is 0 Å². The van der Waals surface area contributed by atoms with Crippen molar-refractivity contribution in [3.8, 4) is 45.3 Å². The predicted octanol–water partition coefficient (Wildman–Crippen LogP) is 13.4. The van der Waals surface area contributed by atoms with Crippen LogP contribution in [-0.4, -0.2) is 0 Å². The summed E-state index contributed by atoms with van der Waals surface area (Å²) in [6, 6.07) is 49.8. The lowest BCUT2D eigenvalue weighted by molar-refractivity contribution is 0.446. The summed E-state index contributed by atoms with van der Waals surface area (Å²) >= 11 is 3.69. The molecule has 0 spiro atoms. The number of ether oxygens (including phenoxy) is 2. The van der Waals surface area contributed by atoms with Crippen molar-refractivity contribution in [1.29, 1.82) is 0 Å². The fourth-order valence-electron chi connectivity index (χ4n) is 7.42. The molecule has 0 N–H and O–H groups in total. The Balaban J connectivity index is 1.08. The highest BCUT2D eigenvalue weighted by Crippen LogP contribution is 2.60. The lowest BCUT2D eigenvalue weighted by Crippen LogP contribution is -2.20. The van der Waals surface area contributed by atoms with Gasteiger partial charge in [-0.05, 0) is 82.9 Å². The minimum absolute atomic E-state index is 0.788. The summed E-state index contributed by atoms with van der Waals surface area (Å²) in [4.78, 5) is 2.30. The van der Waals surface area contributed by atoms with Crippen LogP contribution in [0.3, 0.4) is 0 Å². The van der Waals surface area contributed by atoms with Crippen LogP contribution in [0.25, 0.3) is 62.6 Å². The van der Waals surface area contributed by atoms with Gasteiger partial charge in [0.05, 0.1) is 11.4 Å².